The van der Waals surface area contributed by atoms with E-state index in [2.05, 4.69) is 9.97 Å². The first-order valence-corrected chi connectivity index (χ1v) is 8.94. The lowest BCUT2D eigenvalue weighted by atomic mass is 10.1. The molecule has 2 heterocycles. The number of nitrogens with one attached hydrogen (secondary N) is 2. The molecule has 0 saturated heterocycles. The van der Waals surface area contributed by atoms with Crippen LogP contribution in [0.3, 0.4) is 0 Å². The smallest absolute Gasteiger partial charge is 0.190 e. The molecule has 3 rings (SSSR count). The molecule has 2 aromatic heterocycles. The summed E-state index contributed by atoms with van der Waals surface area (Å²) in [5.41, 5.74) is 4.85. The van der Waals surface area contributed by atoms with E-state index in [0.29, 0.717) is 0 Å². The molecule has 0 fully saturated rings. The number of ketones is 2. The molecule has 0 unspecified atom stereocenters. The molecule has 8 heteroatoms. The fourth-order valence-electron chi connectivity index (χ4n) is 2.07. The molecule has 148 valence electrons. The lowest BCUT2D eigenvalue weighted by Crippen LogP contribution is -2.31. The van der Waals surface area contributed by atoms with E-state index < -0.39 is 33.1 Å². The van der Waals surface area contributed by atoms with Crippen molar-refractivity contribution in [3.63, 3.8) is 0 Å². The van der Waals surface area contributed by atoms with Gasteiger partial charge in [-0.1, -0.05) is 23.2 Å². The average molecular weight is 423 g/mol. The van der Waals surface area contributed by atoms with Gasteiger partial charge in [-0.15, -0.1) is 0 Å². The van der Waals surface area contributed by atoms with Crippen molar-refractivity contribution in [2.45, 2.75) is 27.7 Å². The van der Waals surface area contributed by atoms with Crippen molar-refractivity contribution >= 4 is 34.8 Å². The summed E-state index contributed by atoms with van der Waals surface area (Å²) in [6, 6.07) is 12.3. The number of aromatic nitrogens is 2. The van der Waals surface area contributed by atoms with Gasteiger partial charge in [-0.05, 0) is 23.7 Å². The van der Waals surface area contributed by atoms with Crippen LogP contribution in [0.5, 0.6) is 0 Å². The van der Waals surface area contributed by atoms with Crippen LogP contribution in [0.25, 0.3) is 0 Å². The zero-order valence-corrected chi connectivity index (χ0v) is 17.4. The first-order chi connectivity index (χ1) is 13.0. The molecule has 6 nitrogen and oxygen atoms in total. The first kappa shape index (κ1) is 23.3. The number of hydrogen-bond acceptors (Lipinski definition) is 4. The number of aryl methyl sites for hydroxylation is 4. The molecular weight excluding hydrogens is 403 g/mol. The maximum absolute atomic E-state index is 10.7. The minimum absolute atomic E-state index is 0.894. The molecule has 1 aliphatic rings. The molecule has 0 spiro atoms. The maximum Gasteiger partial charge on any atom is 0.190 e. The number of rotatable bonds is 0. The van der Waals surface area contributed by atoms with Crippen LogP contribution in [0, 0.1) is 27.7 Å². The summed E-state index contributed by atoms with van der Waals surface area (Å²) in [5, 5.41) is 19.6. The number of allylic oxidation sites excluding steroid dienone is 2. The molecule has 28 heavy (non-hydrogen) atoms. The third-order valence-corrected chi connectivity index (χ3v) is 4.07. The predicted octanol–water partition coefficient (Wildman–Crippen LogP) is 0.995. The van der Waals surface area contributed by atoms with Gasteiger partial charge < -0.3 is 10.2 Å². The number of halogens is 2. The summed E-state index contributed by atoms with van der Waals surface area (Å²) < 4.78 is 0. The SMILES string of the molecule is Cc1cccc(C)[nH+]1.Cc1cccc(C)[nH+]1.O=C1C([O-])=C(Cl)C(=O)C([O-])=C1Cl. The minimum Gasteiger partial charge on any atom is -0.869 e. The van der Waals surface area contributed by atoms with E-state index in [1.54, 1.807) is 0 Å². The summed E-state index contributed by atoms with van der Waals surface area (Å²) in [6.45, 7) is 8.19. The second-order valence-corrected chi connectivity index (χ2v) is 6.73. The minimum atomic E-state index is -1.23. The lowest BCUT2D eigenvalue weighted by molar-refractivity contribution is -0.397. The summed E-state index contributed by atoms with van der Waals surface area (Å²) in [4.78, 5) is 27.7. The molecule has 0 aromatic carbocycles. The highest BCUT2D eigenvalue weighted by Crippen LogP contribution is 2.23. The molecule has 0 radical (unpaired) electrons. The second-order valence-electron chi connectivity index (χ2n) is 5.98. The van der Waals surface area contributed by atoms with Gasteiger partial charge in [0.2, 0.25) is 0 Å². The van der Waals surface area contributed by atoms with Gasteiger partial charge in [0.1, 0.15) is 0 Å². The van der Waals surface area contributed by atoms with E-state index >= 15 is 0 Å². The monoisotopic (exact) mass is 422 g/mol. The van der Waals surface area contributed by atoms with E-state index in [9.17, 15) is 19.8 Å². The van der Waals surface area contributed by atoms with Gasteiger partial charge in [-0.2, -0.15) is 0 Å². The van der Waals surface area contributed by atoms with Gasteiger partial charge in [-0.3, -0.25) is 9.59 Å². The van der Waals surface area contributed by atoms with E-state index in [4.69, 9.17) is 23.2 Å². The number of carbonyl (C=O) groups is 2. The van der Waals surface area contributed by atoms with Crippen molar-refractivity contribution in [3.8, 4) is 0 Å². The Balaban J connectivity index is 0.000000217. The van der Waals surface area contributed by atoms with Gasteiger partial charge in [0, 0.05) is 52.0 Å². The van der Waals surface area contributed by atoms with Crippen LogP contribution in [0.15, 0.2) is 58.0 Å². The second kappa shape index (κ2) is 10.6. The van der Waals surface area contributed by atoms with Crippen LogP contribution in [-0.4, -0.2) is 11.6 Å². The third kappa shape index (κ3) is 6.79. The normalized spacial score (nSPS) is 13.5. The quantitative estimate of drug-likeness (QED) is 0.589. The Bertz CT molecular complexity index is 813. The average Bonchev–Trinajstić information content (AvgIpc) is 2.64. The van der Waals surface area contributed by atoms with Crippen molar-refractivity contribution in [1.82, 2.24) is 0 Å². The Hall–Kier alpha value is -2.70. The first-order valence-electron chi connectivity index (χ1n) is 8.18. The highest BCUT2D eigenvalue weighted by Gasteiger charge is 2.22. The van der Waals surface area contributed by atoms with Crippen molar-refractivity contribution in [2.24, 2.45) is 0 Å². The highest BCUT2D eigenvalue weighted by molar-refractivity contribution is 6.55. The fourth-order valence-corrected chi connectivity index (χ4v) is 2.41. The van der Waals surface area contributed by atoms with Gasteiger partial charge in [-0.25, -0.2) is 9.97 Å². The number of H-pyrrole nitrogens is 2. The number of hydrogen-bond donors (Lipinski definition) is 0. The van der Waals surface area contributed by atoms with E-state index in [-0.39, 0.29) is 0 Å². The molecule has 0 amide bonds. The summed E-state index contributed by atoms with van der Waals surface area (Å²) in [7, 11) is 0. The molecule has 0 bridgehead atoms. The van der Waals surface area contributed by atoms with Crippen LogP contribution in [0.2, 0.25) is 0 Å². The van der Waals surface area contributed by atoms with Crippen LogP contribution < -0.4 is 20.2 Å². The molecule has 0 saturated carbocycles. The largest absolute Gasteiger partial charge is 0.869 e. The molecule has 0 aliphatic heterocycles. The standard InChI is InChI=1S/2C7H9N.C6H2Cl2O4/c2*1-6-4-3-5-7(2)8-6;7-1-3(9)5(11)2(8)6(12)4(1)10/h2*3-5H,1-2H3;9,12H. The van der Waals surface area contributed by atoms with Crippen molar-refractivity contribution < 1.29 is 29.8 Å². The molecule has 2 N–H and O–H groups in total. The van der Waals surface area contributed by atoms with Gasteiger partial charge in [0.05, 0.1) is 10.1 Å². The van der Waals surface area contributed by atoms with E-state index in [1.807, 2.05) is 64.1 Å². The number of aromatic amines is 2. The van der Waals surface area contributed by atoms with Gasteiger partial charge >= 0.3 is 0 Å². The lowest BCUT2D eigenvalue weighted by Gasteiger charge is -2.23. The highest BCUT2D eigenvalue weighted by atomic mass is 35.5. The van der Waals surface area contributed by atoms with E-state index in [1.165, 1.54) is 22.8 Å². The van der Waals surface area contributed by atoms with Crippen LogP contribution in [0.1, 0.15) is 22.8 Å². The summed E-state index contributed by atoms with van der Waals surface area (Å²) >= 11 is 10.2. The van der Waals surface area contributed by atoms with Crippen LogP contribution in [-0.2, 0) is 9.59 Å². The van der Waals surface area contributed by atoms with Gasteiger partial charge in [0.25, 0.3) is 0 Å². The molecule has 2 aromatic rings. The fraction of sp³-hybridized carbons (Fsp3) is 0.200. The Labute approximate surface area is 173 Å². The number of Topliss-reactive ketones (excluding diaryl/α,β-unsaturated/α-hetero) is 2. The van der Waals surface area contributed by atoms with Crippen molar-refractivity contribution in [1.29, 1.82) is 0 Å². The van der Waals surface area contributed by atoms with Crippen LogP contribution >= 0.6 is 23.2 Å². The maximum atomic E-state index is 10.7. The Morgan fingerprint density at radius 2 is 0.893 bits per heavy atom. The third-order valence-electron chi connectivity index (χ3n) is 3.38. The zero-order chi connectivity index (χ0) is 21.4. The Morgan fingerprint density at radius 3 is 1.07 bits per heavy atom. The van der Waals surface area contributed by atoms with Crippen molar-refractivity contribution in [2.75, 3.05) is 0 Å². The summed E-state index contributed by atoms with van der Waals surface area (Å²) in [6.07, 6.45) is 0. The molecule has 0 atom stereocenters. The Morgan fingerprint density at radius 1 is 0.643 bits per heavy atom. The molecular formula is C20H20Cl2N2O4. The zero-order valence-electron chi connectivity index (χ0n) is 15.9. The number of pyridine rings is 2. The number of carbonyl (C=O) groups excluding carboxylic acids is 2. The Kier molecular flexibility index (Phi) is 8.82. The topological polar surface area (TPSA) is 109 Å². The molecule has 1 aliphatic carbocycles. The van der Waals surface area contributed by atoms with Crippen molar-refractivity contribution in [3.05, 3.63) is 80.8 Å². The summed E-state index contributed by atoms with van der Waals surface area (Å²) in [5.74, 6) is -4.92. The van der Waals surface area contributed by atoms with E-state index in [0.717, 1.165) is 0 Å². The predicted molar refractivity (Wildman–Crippen MR) is 101 cm³/mol. The van der Waals surface area contributed by atoms with Crippen LogP contribution in [0.4, 0.5) is 0 Å². The van der Waals surface area contributed by atoms with Gasteiger partial charge in [0.15, 0.2) is 34.3 Å².